The average Bonchev–Trinajstić information content (AvgIpc) is 2.99. The number of ether oxygens (including phenoxy) is 2. The number of nitrogens with one attached hydrogen (secondary N) is 1. The Morgan fingerprint density at radius 3 is 2.75 bits per heavy atom. The van der Waals surface area contributed by atoms with E-state index >= 15 is 0 Å². The molecule has 0 saturated carbocycles. The smallest absolute Gasteiger partial charge is 0.163 e. The Kier molecular flexibility index (Phi) is 3.64. The molecule has 5 nitrogen and oxygen atoms in total. The van der Waals surface area contributed by atoms with Gasteiger partial charge in [0.25, 0.3) is 0 Å². The topological polar surface area (TPSA) is 69.4 Å². The number of benzene rings is 1. The van der Waals surface area contributed by atoms with E-state index in [2.05, 4.69) is 17.2 Å². The predicted octanol–water partition coefficient (Wildman–Crippen LogP) is 3.06. The first kappa shape index (κ1) is 13.1. The summed E-state index contributed by atoms with van der Waals surface area (Å²) in [5.74, 6) is 1.45. The lowest BCUT2D eigenvalue weighted by atomic mass is 10.2. The number of anilines is 2. The number of hydrogen-bond acceptors (Lipinski definition) is 6. The second-order valence-corrected chi connectivity index (χ2v) is 5.48. The summed E-state index contributed by atoms with van der Waals surface area (Å²) < 4.78 is 11.1. The van der Waals surface area contributed by atoms with Gasteiger partial charge in [0, 0.05) is 23.7 Å². The van der Waals surface area contributed by atoms with Crippen LogP contribution in [-0.2, 0) is 0 Å². The van der Waals surface area contributed by atoms with Crippen molar-refractivity contribution in [2.75, 3.05) is 24.3 Å². The zero-order valence-electron chi connectivity index (χ0n) is 11.3. The number of nitrogen functional groups attached to an aromatic ring is 1. The van der Waals surface area contributed by atoms with Gasteiger partial charge in [-0.2, -0.15) is 0 Å². The molecule has 1 aliphatic rings. The molecule has 2 aromatic rings. The van der Waals surface area contributed by atoms with Crippen LogP contribution in [0.25, 0.3) is 0 Å². The van der Waals surface area contributed by atoms with E-state index in [-0.39, 0.29) is 6.04 Å². The third-order valence-electron chi connectivity index (χ3n) is 3.20. The second kappa shape index (κ2) is 5.58. The van der Waals surface area contributed by atoms with Gasteiger partial charge in [-0.25, -0.2) is 4.98 Å². The number of thiazole rings is 1. The first-order chi connectivity index (χ1) is 9.78. The fourth-order valence-corrected chi connectivity index (χ4v) is 2.93. The van der Waals surface area contributed by atoms with E-state index < -0.39 is 0 Å². The van der Waals surface area contributed by atoms with Crippen LogP contribution < -0.4 is 20.5 Å². The molecule has 0 fully saturated rings. The molecule has 0 aliphatic carbocycles. The summed E-state index contributed by atoms with van der Waals surface area (Å²) >= 11 is 1.64. The molecule has 0 saturated heterocycles. The quantitative estimate of drug-likeness (QED) is 0.847. The van der Waals surface area contributed by atoms with Crippen molar-refractivity contribution < 1.29 is 9.47 Å². The molecule has 1 aromatic heterocycles. The summed E-state index contributed by atoms with van der Waals surface area (Å²) in [7, 11) is 0. The van der Waals surface area contributed by atoms with Crippen LogP contribution in [0.5, 0.6) is 11.5 Å². The Balaban J connectivity index is 1.86. The normalized spacial score (nSPS) is 14.8. The van der Waals surface area contributed by atoms with Gasteiger partial charge in [0.1, 0.15) is 18.2 Å². The highest BCUT2D eigenvalue weighted by Crippen LogP contribution is 2.38. The molecule has 1 unspecified atom stereocenters. The van der Waals surface area contributed by atoms with Crippen molar-refractivity contribution in [3.63, 3.8) is 0 Å². The summed E-state index contributed by atoms with van der Waals surface area (Å²) in [5, 5.41) is 6.47. The Bertz CT molecular complexity index is 586. The maximum atomic E-state index is 6.09. The molecule has 0 spiro atoms. The maximum Gasteiger partial charge on any atom is 0.163 e. The molecular formula is C14H17N3O2S. The van der Waals surface area contributed by atoms with Crippen molar-refractivity contribution in [2.45, 2.75) is 19.4 Å². The summed E-state index contributed by atoms with van der Waals surface area (Å²) in [6, 6.07) is 3.87. The number of aromatic nitrogens is 1. The summed E-state index contributed by atoms with van der Waals surface area (Å²) in [5.41, 5.74) is 7.60. The third-order valence-corrected chi connectivity index (χ3v) is 4.09. The van der Waals surface area contributed by atoms with Crippen LogP contribution in [0, 0.1) is 0 Å². The highest BCUT2D eigenvalue weighted by atomic mass is 32.1. The SMILES string of the molecule is CCC(Nc1cc2c(cc1N)OCCO2)c1nccs1. The van der Waals surface area contributed by atoms with Crippen LogP contribution in [0.15, 0.2) is 23.7 Å². The molecule has 1 aliphatic heterocycles. The van der Waals surface area contributed by atoms with Gasteiger partial charge in [-0.1, -0.05) is 6.92 Å². The first-order valence-electron chi connectivity index (χ1n) is 6.63. The van der Waals surface area contributed by atoms with E-state index in [0.717, 1.165) is 22.9 Å². The maximum absolute atomic E-state index is 6.09. The molecule has 106 valence electrons. The van der Waals surface area contributed by atoms with Crippen LogP contribution in [0.4, 0.5) is 11.4 Å². The standard InChI is InChI=1S/C14H17N3O2S/c1-2-10(14-16-3-6-20-14)17-11-8-13-12(7-9(11)15)18-4-5-19-13/h3,6-8,10,17H,2,4-5,15H2,1H3. The minimum Gasteiger partial charge on any atom is -0.486 e. The van der Waals surface area contributed by atoms with E-state index in [0.29, 0.717) is 24.7 Å². The molecule has 0 radical (unpaired) electrons. The highest BCUT2D eigenvalue weighted by Gasteiger charge is 2.18. The minimum atomic E-state index is 0.153. The molecule has 0 bridgehead atoms. The lowest BCUT2D eigenvalue weighted by molar-refractivity contribution is 0.172. The molecule has 0 amide bonds. The molecule has 2 heterocycles. The number of rotatable bonds is 4. The second-order valence-electron chi connectivity index (χ2n) is 4.56. The molecule has 1 aromatic carbocycles. The number of nitrogens with zero attached hydrogens (tertiary/aromatic N) is 1. The van der Waals surface area contributed by atoms with Gasteiger partial charge < -0.3 is 20.5 Å². The predicted molar refractivity (Wildman–Crippen MR) is 80.6 cm³/mol. The van der Waals surface area contributed by atoms with E-state index in [4.69, 9.17) is 15.2 Å². The first-order valence-corrected chi connectivity index (χ1v) is 7.51. The van der Waals surface area contributed by atoms with Crippen LogP contribution >= 0.6 is 11.3 Å². The van der Waals surface area contributed by atoms with Crippen molar-refractivity contribution in [1.82, 2.24) is 4.98 Å². The highest BCUT2D eigenvalue weighted by molar-refractivity contribution is 7.09. The molecule has 20 heavy (non-hydrogen) atoms. The Labute approximate surface area is 121 Å². The van der Waals surface area contributed by atoms with Crippen molar-refractivity contribution in [2.24, 2.45) is 0 Å². The number of hydrogen-bond donors (Lipinski definition) is 2. The third kappa shape index (κ3) is 2.51. The van der Waals surface area contributed by atoms with Crippen LogP contribution in [-0.4, -0.2) is 18.2 Å². The Hall–Kier alpha value is -1.95. The fourth-order valence-electron chi connectivity index (χ4n) is 2.16. The molecule has 1 atom stereocenters. The van der Waals surface area contributed by atoms with Gasteiger partial charge in [-0.15, -0.1) is 11.3 Å². The van der Waals surface area contributed by atoms with Gasteiger partial charge in [0.2, 0.25) is 0 Å². The average molecular weight is 291 g/mol. The van der Waals surface area contributed by atoms with Gasteiger partial charge in [0.05, 0.1) is 17.4 Å². The van der Waals surface area contributed by atoms with Crippen LogP contribution in [0.3, 0.4) is 0 Å². The number of fused-ring (bicyclic) bond motifs is 1. The molecule has 3 N–H and O–H groups in total. The molecular weight excluding hydrogens is 274 g/mol. The van der Waals surface area contributed by atoms with Crippen molar-refractivity contribution in [1.29, 1.82) is 0 Å². The van der Waals surface area contributed by atoms with Crippen molar-refractivity contribution in [3.05, 3.63) is 28.7 Å². The number of nitrogens with two attached hydrogens (primary N) is 1. The summed E-state index contributed by atoms with van der Waals surface area (Å²) in [4.78, 5) is 4.36. The van der Waals surface area contributed by atoms with Gasteiger partial charge in [-0.05, 0) is 6.42 Å². The van der Waals surface area contributed by atoms with E-state index in [1.54, 1.807) is 11.3 Å². The molecule has 3 rings (SSSR count). The fraction of sp³-hybridized carbons (Fsp3) is 0.357. The lowest BCUT2D eigenvalue weighted by Gasteiger charge is -2.22. The van der Waals surface area contributed by atoms with Gasteiger partial charge in [0.15, 0.2) is 11.5 Å². The van der Waals surface area contributed by atoms with Gasteiger partial charge in [-0.3, -0.25) is 0 Å². The Morgan fingerprint density at radius 1 is 1.35 bits per heavy atom. The van der Waals surface area contributed by atoms with Gasteiger partial charge >= 0.3 is 0 Å². The van der Waals surface area contributed by atoms with E-state index in [9.17, 15) is 0 Å². The largest absolute Gasteiger partial charge is 0.486 e. The van der Waals surface area contributed by atoms with Crippen LogP contribution in [0.1, 0.15) is 24.4 Å². The summed E-state index contributed by atoms with van der Waals surface area (Å²) in [6.45, 7) is 3.25. The van der Waals surface area contributed by atoms with Crippen LogP contribution in [0.2, 0.25) is 0 Å². The zero-order valence-corrected chi connectivity index (χ0v) is 12.1. The van der Waals surface area contributed by atoms with Crippen molar-refractivity contribution >= 4 is 22.7 Å². The van der Waals surface area contributed by atoms with Crippen molar-refractivity contribution in [3.8, 4) is 11.5 Å². The molecule has 6 heteroatoms. The van der Waals surface area contributed by atoms with E-state index in [1.165, 1.54) is 0 Å². The minimum absolute atomic E-state index is 0.153. The Morgan fingerprint density at radius 2 is 2.10 bits per heavy atom. The zero-order chi connectivity index (χ0) is 13.9. The summed E-state index contributed by atoms with van der Waals surface area (Å²) in [6.07, 6.45) is 2.75. The monoisotopic (exact) mass is 291 g/mol. The van der Waals surface area contributed by atoms with E-state index in [1.807, 2.05) is 23.7 Å². The lowest BCUT2D eigenvalue weighted by Crippen LogP contribution is -2.17.